The van der Waals surface area contributed by atoms with Crippen molar-refractivity contribution in [1.29, 1.82) is 0 Å². The Morgan fingerprint density at radius 1 is 1.56 bits per heavy atom. The molecule has 0 saturated carbocycles. The van der Waals surface area contributed by atoms with E-state index in [1.54, 1.807) is 6.92 Å². The number of aryl methyl sites for hydroxylation is 1. The third-order valence-corrected chi connectivity index (χ3v) is 2.81. The summed E-state index contributed by atoms with van der Waals surface area (Å²) >= 11 is 3.20. The highest BCUT2D eigenvalue weighted by atomic mass is 79.9. The van der Waals surface area contributed by atoms with Gasteiger partial charge in [0.1, 0.15) is 23.8 Å². The lowest BCUT2D eigenvalue weighted by atomic mass is 10.2. The summed E-state index contributed by atoms with van der Waals surface area (Å²) in [6.45, 7) is 1.70. The number of rotatable bonds is 3. The number of nitrogen functional groups attached to an aromatic ring is 1. The van der Waals surface area contributed by atoms with Gasteiger partial charge in [-0.1, -0.05) is 10.3 Å². The molecule has 8 heteroatoms. The van der Waals surface area contributed by atoms with E-state index in [4.69, 9.17) is 10.5 Å². The average molecular weight is 313 g/mol. The number of anilines is 1. The van der Waals surface area contributed by atoms with Crippen molar-refractivity contribution in [2.75, 3.05) is 5.73 Å². The number of aromatic nitrogens is 3. The number of halogens is 1. The normalized spacial score (nSPS) is 10.3. The monoisotopic (exact) mass is 312 g/mol. The number of hydrogen-bond acceptors (Lipinski definition) is 7. The molecule has 2 aromatic rings. The molecule has 0 radical (unpaired) electrons. The highest BCUT2D eigenvalue weighted by Crippen LogP contribution is 2.18. The van der Waals surface area contributed by atoms with Gasteiger partial charge in [0.05, 0.1) is 10.0 Å². The number of pyridine rings is 1. The fraction of sp³-hybridized carbons (Fsp3) is 0.200. The summed E-state index contributed by atoms with van der Waals surface area (Å²) in [6, 6.07) is 1.43. The van der Waals surface area contributed by atoms with Crippen LogP contribution in [-0.2, 0) is 11.3 Å². The zero-order chi connectivity index (χ0) is 13.1. The molecule has 2 aromatic heterocycles. The van der Waals surface area contributed by atoms with Crippen LogP contribution in [0.25, 0.3) is 0 Å². The zero-order valence-corrected chi connectivity index (χ0v) is 11.0. The van der Waals surface area contributed by atoms with Crippen LogP contribution >= 0.6 is 15.9 Å². The first-order valence-corrected chi connectivity index (χ1v) is 5.73. The van der Waals surface area contributed by atoms with E-state index in [9.17, 15) is 4.79 Å². The van der Waals surface area contributed by atoms with Gasteiger partial charge in [0.2, 0.25) is 0 Å². The van der Waals surface area contributed by atoms with Crippen molar-refractivity contribution < 1.29 is 14.2 Å². The maximum atomic E-state index is 11.8. The Kier molecular flexibility index (Phi) is 3.56. The largest absolute Gasteiger partial charge is 0.455 e. The van der Waals surface area contributed by atoms with Gasteiger partial charge in [0.15, 0.2) is 0 Å². The first kappa shape index (κ1) is 12.5. The first-order valence-electron chi connectivity index (χ1n) is 4.94. The van der Waals surface area contributed by atoms with E-state index in [0.29, 0.717) is 21.4 Å². The van der Waals surface area contributed by atoms with Gasteiger partial charge in [0.25, 0.3) is 0 Å². The van der Waals surface area contributed by atoms with Crippen LogP contribution in [0.15, 0.2) is 21.4 Å². The molecule has 0 fully saturated rings. The second-order valence-electron chi connectivity index (χ2n) is 3.46. The van der Waals surface area contributed by atoms with Crippen LogP contribution in [0.1, 0.15) is 21.7 Å². The topological polar surface area (TPSA) is 104 Å². The molecule has 0 bridgehead atoms. The fourth-order valence-corrected chi connectivity index (χ4v) is 1.58. The SMILES string of the molecule is Cc1nonc1COC(=O)c1cc(N)ncc1Br. The van der Waals surface area contributed by atoms with Gasteiger partial charge in [-0.25, -0.2) is 14.4 Å². The van der Waals surface area contributed by atoms with Crippen molar-refractivity contribution in [3.8, 4) is 0 Å². The first-order chi connectivity index (χ1) is 8.58. The Hall–Kier alpha value is -1.96. The van der Waals surface area contributed by atoms with Gasteiger partial charge >= 0.3 is 5.97 Å². The van der Waals surface area contributed by atoms with Crippen LogP contribution < -0.4 is 5.73 Å². The van der Waals surface area contributed by atoms with E-state index in [2.05, 4.69) is 35.9 Å². The second-order valence-corrected chi connectivity index (χ2v) is 4.32. The Morgan fingerprint density at radius 3 is 3.00 bits per heavy atom. The molecule has 94 valence electrons. The predicted octanol–water partition coefficient (Wildman–Crippen LogP) is 1.47. The third-order valence-electron chi connectivity index (χ3n) is 2.18. The molecule has 2 rings (SSSR count). The van der Waals surface area contributed by atoms with Crippen LogP contribution in [-0.4, -0.2) is 21.3 Å². The molecule has 0 aliphatic heterocycles. The summed E-state index contributed by atoms with van der Waals surface area (Å²) in [4.78, 5) is 15.6. The third kappa shape index (κ3) is 2.65. The van der Waals surface area contributed by atoms with Crippen molar-refractivity contribution in [1.82, 2.24) is 15.3 Å². The molecule has 2 heterocycles. The summed E-state index contributed by atoms with van der Waals surface area (Å²) < 4.78 is 10.1. The van der Waals surface area contributed by atoms with Crippen molar-refractivity contribution in [2.45, 2.75) is 13.5 Å². The number of carbonyl (C=O) groups is 1. The second kappa shape index (κ2) is 5.13. The summed E-state index contributed by atoms with van der Waals surface area (Å²) in [7, 11) is 0. The summed E-state index contributed by atoms with van der Waals surface area (Å²) in [5.74, 6) is -0.289. The van der Waals surface area contributed by atoms with Gasteiger partial charge in [-0.05, 0) is 28.9 Å². The van der Waals surface area contributed by atoms with E-state index in [0.717, 1.165) is 0 Å². The zero-order valence-electron chi connectivity index (χ0n) is 9.38. The molecular formula is C10H9BrN4O3. The maximum Gasteiger partial charge on any atom is 0.339 e. The minimum atomic E-state index is -0.529. The molecule has 2 N–H and O–H groups in total. The average Bonchev–Trinajstić information content (AvgIpc) is 2.75. The summed E-state index contributed by atoms with van der Waals surface area (Å²) in [5, 5.41) is 7.19. The Morgan fingerprint density at radius 2 is 2.33 bits per heavy atom. The molecule has 0 aliphatic carbocycles. The number of carbonyl (C=O) groups excluding carboxylic acids is 1. The van der Waals surface area contributed by atoms with Gasteiger partial charge in [0, 0.05) is 6.20 Å². The van der Waals surface area contributed by atoms with E-state index in [1.165, 1.54) is 12.3 Å². The lowest BCUT2D eigenvalue weighted by molar-refractivity contribution is 0.0462. The molecule has 0 aromatic carbocycles. The molecule has 18 heavy (non-hydrogen) atoms. The number of ether oxygens (including phenoxy) is 1. The van der Waals surface area contributed by atoms with E-state index in [-0.39, 0.29) is 12.4 Å². The highest BCUT2D eigenvalue weighted by Gasteiger charge is 2.14. The Balaban J connectivity index is 2.08. The predicted molar refractivity (Wildman–Crippen MR) is 64.5 cm³/mol. The van der Waals surface area contributed by atoms with E-state index >= 15 is 0 Å². The molecule has 0 unspecified atom stereocenters. The van der Waals surface area contributed by atoms with Crippen LogP contribution in [0.3, 0.4) is 0 Å². The minimum Gasteiger partial charge on any atom is -0.455 e. The lowest BCUT2D eigenvalue weighted by Crippen LogP contribution is -2.08. The van der Waals surface area contributed by atoms with Crippen molar-refractivity contribution in [2.24, 2.45) is 0 Å². The van der Waals surface area contributed by atoms with Crippen molar-refractivity contribution >= 4 is 27.7 Å². The molecule has 0 atom stereocenters. The summed E-state index contributed by atoms with van der Waals surface area (Å²) in [6.07, 6.45) is 1.44. The Labute approximate surface area is 110 Å². The van der Waals surface area contributed by atoms with Gasteiger partial charge in [-0.15, -0.1) is 0 Å². The van der Waals surface area contributed by atoms with Crippen LogP contribution in [0.2, 0.25) is 0 Å². The molecule has 0 amide bonds. The number of nitrogens with two attached hydrogens (primary N) is 1. The lowest BCUT2D eigenvalue weighted by Gasteiger charge is -2.05. The minimum absolute atomic E-state index is 0.0111. The quantitative estimate of drug-likeness (QED) is 0.856. The Bertz CT molecular complexity index is 584. The van der Waals surface area contributed by atoms with Gasteiger partial charge in [-0.2, -0.15) is 0 Å². The standard InChI is InChI=1S/C10H9BrN4O3/c1-5-8(15-18-14-5)4-17-10(16)6-2-9(12)13-3-7(6)11/h2-3H,4H2,1H3,(H2,12,13). The molecule has 0 saturated heterocycles. The number of esters is 1. The van der Waals surface area contributed by atoms with Crippen LogP contribution in [0.4, 0.5) is 5.82 Å². The van der Waals surface area contributed by atoms with Crippen molar-refractivity contribution in [3.05, 3.63) is 33.7 Å². The van der Waals surface area contributed by atoms with E-state index in [1.807, 2.05) is 0 Å². The summed E-state index contributed by atoms with van der Waals surface area (Å²) in [5.41, 5.74) is 6.86. The van der Waals surface area contributed by atoms with Crippen LogP contribution in [0.5, 0.6) is 0 Å². The van der Waals surface area contributed by atoms with E-state index < -0.39 is 5.97 Å². The molecular weight excluding hydrogens is 304 g/mol. The number of hydrogen-bond donors (Lipinski definition) is 1. The molecule has 0 aliphatic rings. The molecule has 0 spiro atoms. The van der Waals surface area contributed by atoms with Crippen molar-refractivity contribution in [3.63, 3.8) is 0 Å². The fourth-order valence-electron chi connectivity index (χ4n) is 1.20. The highest BCUT2D eigenvalue weighted by molar-refractivity contribution is 9.10. The van der Waals surface area contributed by atoms with Gasteiger partial charge in [-0.3, -0.25) is 0 Å². The van der Waals surface area contributed by atoms with Crippen LogP contribution in [0, 0.1) is 6.92 Å². The number of nitrogens with zero attached hydrogens (tertiary/aromatic N) is 3. The molecule has 7 nitrogen and oxygen atoms in total. The maximum absolute atomic E-state index is 11.8. The van der Waals surface area contributed by atoms with Gasteiger partial charge < -0.3 is 10.5 Å². The smallest absolute Gasteiger partial charge is 0.339 e.